The van der Waals surface area contributed by atoms with E-state index < -0.39 is 0 Å². The third-order valence-electron chi connectivity index (χ3n) is 9.22. The summed E-state index contributed by atoms with van der Waals surface area (Å²) in [5.41, 5.74) is 1.48. The fourth-order valence-electron chi connectivity index (χ4n) is 6.67. The van der Waals surface area contributed by atoms with Gasteiger partial charge in [0.1, 0.15) is 5.75 Å². The van der Waals surface area contributed by atoms with Crippen LogP contribution in [0.1, 0.15) is 135 Å². The lowest BCUT2D eigenvalue weighted by Crippen LogP contribution is -2.32. The minimum Gasteiger partial charge on any atom is -0.494 e. The molecule has 0 aliphatic heterocycles. The summed E-state index contributed by atoms with van der Waals surface area (Å²) in [4.78, 5) is 0. The van der Waals surface area contributed by atoms with Gasteiger partial charge in [-0.05, 0) is 106 Å². The van der Waals surface area contributed by atoms with Crippen molar-refractivity contribution in [3.63, 3.8) is 0 Å². The van der Waals surface area contributed by atoms with Crippen LogP contribution in [0.3, 0.4) is 0 Å². The molecule has 0 radical (unpaired) electrons. The predicted molar refractivity (Wildman–Crippen MR) is 144 cm³/mol. The van der Waals surface area contributed by atoms with E-state index in [0.717, 1.165) is 49.4 Å². The van der Waals surface area contributed by atoms with Gasteiger partial charge < -0.3 is 4.74 Å². The molecule has 0 spiro atoms. The number of ether oxygens (including phenoxy) is 1. The largest absolute Gasteiger partial charge is 0.494 e. The molecule has 2 aliphatic rings. The number of hydrogen-bond donors (Lipinski definition) is 0. The average Bonchev–Trinajstić information content (AvgIpc) is 2.89. The topological polar surface area (TPSA) is 33.0 Å². The first-order chi connectivity index (χ1) is 16.6. The maximum atomic E-state index is 9.90. The molecular formula is C32H51NO. The summed E-state index contributed by atoms with van der Waals surface area (Å²) >= 11 is 0. The summed E-state index contributed by atoms with van der Waals surface area (Å²) in [6.07, 6.45) is 20.4. The van der Waals surface area contributed by atoms with Crippen LogP contribution in [-0.2, 0) is 0 Å². The van der Waals surface area contributed by atoms with Gasteiger partial charge in [0.2, 0.25) is 0 Å². The molecule has 0 bridgehead atoms. The van der Waals surface area contributed by atoms with Gasteiger partial charge in [0.15, 0.2) is 0 Å². The van der Waals surface area contributed by atoms with Gasteiger partial charge in [-0.15, -0.1) is 0 Å². The molecule has 1 aromatic carbocycles. The van der Waals surface area contributed by atoms with Crippen molar-refractivity contribution < 1.29 is 4.74 Å². The van der Waals surface area contributed by atoms with Gasteiger partial charge in [-0.1, -0.05) is 71.4 Å². The molecule has 190 valence electrons. The van der Waals surface area contributed by atoms with E-state index in [2.05, 4.69) is 51.1 Å². The zero-order valence-electron chi connectivity index (χ0n) is 22.5. The predicted octanol–water partition coefficient (Wildman–Crippen LogP) is 9.84. The first-order valence-electron chi connectivity index (χ1n) is 14.7. The zero-order chi connectivity index (χ0) is 24.2. The molecule has 0 amide bonds. The molecule has 1 aromatic rings. The fourth-order valence-corrected chi connectivity index (χ4v) is 6.67. The molecule has 2 aliphatic carbocycles. The second-order valence-electron chi connectivity index (χ2n) is 11.7. The van der Waals surface area contributed by atoms with Crippen molar-refractivity contribution in [1.29, 1.82) is 5.26 Å². The summed E-state index contributed by atoms with van der Waals surface area (Å²) in [6, 6.07) is 11.8. The van der Waals surface area contributed by atoms with Crippen molar-refractivity contribution in [3.05, 3.63) is 29.8 Å². The van der Waals surface area contributed by atoms with E-state index in [0.29, 0.717) is 5.92 Å². The summed E-state index contributed by atoms with van der Waals surface area (Å²) in [6.45, 7) is 7.70. The Morgan fingerprint density at radius 2 is 1.50 bits per heavy atom. The normalized spacial score (nSPS) is 28.2. The molecule has 2 saturated carbocycles. The lowest BCUT2D eigenvalue weighted by Gasteiger charge is -2.41. The Hall–Kier alpha value is -1.49. The second kappa shape index (κ2) is 14.2. The van der Waals surface area contributed by atoms with E-state index >= 15 is 0 Å². The number of nitriles is 1. The highest BCUT2D eigenvalue weighted by Gasteiger charge is 2.39. The molecule has 0 heterocycles. The Balaban J connectivity index is 1.37. The third kappa shape index (κ3) is 8.03. The first kappa shape index (κ1) is 27.1. The smallest absolute Gasteiger partial charge is 0.119 e. The van der Waals surface area contributed by atoms with Crippen LogP contribution in [-0.4, -0.2) is 6.61 Å². The van der Waals surface area contributed by atoms with Gasteiger partial charge in [-0.3, -0.25) is 0 Å². The van der Waals surface area contributed by atoms with Gasteiger partial charge in [-0.25, -0.2) is 0 Å². The van der Waals surface area contributed by atoms with E-state index in [-0.39, 0.29) is 5.41 Å². The molecule has 0 N–H and O–H groups in total. The van der Waals surface area contributed by atoms with E-state index in [1.54, 1.807) is 0 Å². The molecule has 0 aromatic heterocycles. The summed E-state index contributed by atoms with van der Waals surface area (Å²) in [5.74, 6) is 4.18. The molecule has 0 saturated heterocycles. The lowest BCUT2D eigenvalue weighted by atomic mass is 9.62. The van der Waals surface area contributed by atoms with E-state index in [9.17, 15) is 5.26 Å². The fraction of sp³-hybridized carbons (Fsp3) is 0.781. The van der Waals surface area contributed by atoms with Gasteiger partial charge in [-0.2, -0.15) is 5.26 Å². The Labute approximate surface area is 210 Å². The molecule has 34 heavy (non-hydrogen) atoms. The zero-order valence-corrected chi connectivity index (χ0v) is 22.5. The van der Waals surface area contributed by atoms with E-state index in [1.807, 2.05) is 0 Å². The summed E-state index contributed by atoms with van der Waals surface area (Å²) < 4.78 is 5.99. The Morgan fingerprint density at radius 3 is 2.12 bits per heavy atom. The van der Waals surface area contributed by atoms with E-state index in [4.69, 9.17) is 4.74 Å². The highest BCUT2D eigenvalue weighted by Crippen LogP contribution is 2.49. The maximum absolute atomic E-state index is 9.90. The molecule has 1 unspecified atom stereocenters. The van der Waals surface area contributed by atoms with Crippen molar-refractivity contribution in [2.75, 3.05) is 6.61 Å². The van der Waals surface area contributed by atoms with Gasteiger partial charge >= 0.3 is 0 Å². The quantitative estimate of drug-likeness (QED) is 0.271. The minimum atomic E-state index is -0.0258. The maximum Gasteiger partial charge on any atom is 0.119 e. The van der Waals surface area contributed by atoms with Crippen LogP contribution in [0.5, 0.6) is 5.75 Å². The minimum absolute atomic E-state index is 0.0258. The molecule has 2 heteroatoms. The number of nitrogens with zero attached hydrogens (tertiary/aromatic N) is 1. The van der Waals surface area contributed by atoms with Crippen LogP contribution in [0.25, 0.3) is 0 Å². The Morgan fingerprint density at radius 1 is 0.882 bits per heavy atom. The Kier molecular flexibility index (Phi) is 11.3. The highest BCUT2D eigenvalue weighted by atomic mass is 16.5. The van der Waals surface area contributed by atoms with Crippen LogP contribution in [0.15, 0.2) is 24.3 Å². The number of rotatable bonds is 13. The van der Waals surface area contributed by atoms with Crippen molar-refractivity contribution in [3.8, 4) is 11.8 Å². The summed E-state index contributed by atoms with van der Waals surface area (Å²) in [7, 11) is 0. The van der Waals surface area contributed by atoms with Crippen LogP contribution < -0.4 is 4.74 Å². The van der Waals surface area contributed by atoms with Gasteiger partial charge in [0, 0.05) is 0 Å². The Bertz CT molecular complexity index is 716. The lowest BCUT2D eigenvalue weighted by molar-refractivity contribution is 0.116. The highest BCUT2D eigenvalue weighted by molar-refractivity contribution is 5.29. The van der Waals surface area contributed by atoms with Crippen molar-refractivity contribution in [2.24, 2.45) is 23.2 Å². The SMILES string of the molecule is CCCCCCCCOc1ccc(C2CCC(C3CCC(C#N)(CC(C)CC)CC3)CC2)cc1. The van der Waals surface area contributed by atoms with Crippen LogP contribution >= 0.6 is 0 Å². The van der Waals surface area contributed by atoms with E-state index in [1.165, 1.54) is 89.0 Å². The van der Waals surface area contributed by atoms with Gasteiger partial charge in [0.05, 0.1) is 18.1 Å². The molecule has 1 atom stereocenters. The van der Waals surface area contributed by atoms with Crippen molar-refractivity contribution in [1.82, 2.24) is 0 Å². The van der Waals surface area contributed by atoms with Crippen molar-refractivity contribution >= 4 is 0 Å². The first-order valence-corrected chi connectivity index (χ1v) is 14.7. The number of hydrogen-bond acceptors (Lipinski definition) is 2. The van der Waals surface area contributed by atoms with Gasteiger partial charge in [0.25, 0.3) is 0 Å². The monoisotopic (exact) mass is 465 g/mol. The van der Waals surface area contributed by atoms with Crippen LogP contribution in [0.2, 0.25) is 0 Å². The molecule has 2 fully saturated rings. The molecule has 2 nitrogen and oxygen atoms in total. The van der Waals surface area contributed by atoms with Crippen molar-refractivity contribution in [2.45, 2.75) is 129 Å². The second-order valence-corrected chi connectivity index (χ2v) is 11.7. The molecule has 3 rings (SSSR count). The van der Waals surface area contributed by atoms with Crippen LogP contribution in [0, 0.1) is 34.5 Å². The number of unbranched alkanes of at least 4 members (excludes halogenated alkanes) is 5. The van der Waals surface area contributed by atoms with Crippen LogP contribution in [0.4, 0.5) is 0 Å². The molecular weight excluding hydrogens is 414 g/mol. The summed E-state index contributed by atoms with van der Waals surface area (Å²) in [5, 5.41) is 9.90. The average molecular weight is 466 g/mol. The number of benzene rings is 1. The standard InChI is InChI=1S/C32H51NO/c1-4-6-7-8-9-10-23-34-31-17-15-29(16-18-31)27-11-13-28(14-12-27)30-19-21-32(25-33,22-20-30)24-26(3)5-2/h15-18,26-28,30H,4-14,19-24H2,1-3H3. The third-order valence-corrected chi connectivity index (χ3v) is 9.22.